The third-order valence-corrected chi connectivity index (χ3v) is 3.72. The molecule has 1 unspecified atom stereocenters. The Morgan fingerprint density at radius 2 is 2.09 bits per heavy atom. The van der Waals surface area contributed by atoms with E-state index in [1.54, 1.807) is 0 Å². The van der Waals surface area contributed by atoms with Crippen molar-refractivity contribution in [3.63, 3.8) is 0 Å². The predicted octanol–water partition coefficient (Wildman–Crippen LogP) is 1.04. The standard InChI is InChI=1S/C18H26N2O2/c1-19(2)12-18-14-20(9-11-22-15-18)13-17-7-5-16(6-8-17)4-3-10-21/h5-8,18,21H,9-15H2,1-2H3. The lowest BCUT2D eigenvalue weighted by atomic mass is 10.1. The summed E-state index contributed by atoms with van der Waals surface area (Å²) in [6, 6.07) is 8.27. The Bertz CT molecular complexity index is 502. The molecular formula is C18H26N2O2. The average Bonchev–Trinajstić information content (AvgIpc) is 2.71. The molecule has 1 N–H and O–H groups in total. The highest BCUT2D eigenvalue weighted by atomic mass is 16.5. The van der Waals surface area contributed by atoms with Crippen molar-refractivity contribution in [2.75, 3.05) is 53.6 Å². The molecule has 4 nitrogen and oxygen atoms in total. The first-order valence-corrected chi connectivity index (χ1v) is 7.81. The minimum atomic E-state index is -0.0945. The van der Waals surface area contributed by atoms with Crippen molar-refractivity contribution in [3.8, 4) is 11.8 Å². The quantitative estimate of drug-likeness (QED) is 0.843. The Morgan fingerprint density at radius 1 is 1.32 bits per heavy atom. The van der Waals surface area contributed by atoms with Gasteiger partial charge in [0.05, 0.1) is 13.2 Å². The summed E-state index contributed by atoms with van der Waals surface area (Å²) >= 11 is 0. The van der Waals surface area contributed by atoms with Gasteiger partial charge in [-0.3, -0.25) is 4.90 Å². The van der Waals surface area contributed by atoms with Crippen LogP contribution < -0.4 is 0 Å². The Hall–Kier alpha value is -1.38. The van der Waals surface area contributed by atoms with Crippen molar-refractivity contribution in [3.05, 3.63) is 35.4 Å². The highest BCUT2D eigenvalue weighted by Gasteiger charge is 2.19. The van der Waals surface area contributed by atoms with Crippen LogP contribution in [-0.2, 0) is 11.3 Å². The molecule has 1 aromatic rings. The highest BCUT2D eigenvalue weighted by molar-refractivity contribution is 5.36. The van der Waals surface area contributed by atoms with E-state index in [1.807, 2.05) is 12.1 Å². The van der Waals surface area contributed by atoms with Crippen molar-refractivity contribution >= 4 is 0 Å². The fourth-order valence-electron chi connectivity index (χ4n) is 2.82. The summed E-state index contributed by atoms with van der Waals surface area (Å²) in [5.41, 5.74) is 2.24. The Labute approximate surface area is 133 Å². The molecule has 0 aliphatic carbocycles. The van der Waals surface area contributed by atoms with Gasteiger partial charge in [0.2, 0.25) is 0 Å². The first-order valence-electron chi connectivity index (χ1n) is 7.81. The smallest absolute Gasteiger partial charge is 0.104 e. The number of aliphatic hydroxyl groups excluding tert-OH is 1. The lowest BCUT2D eigenvalue weighted by molar-refractivity contribution is 0.112. The van der Waals surface area contributed by atoms with Gasteiger partial charge in [-0.15, -0.1) is 0 Å². The van der Waals surface area contributed by atoms with Crippen LogP contribution in [0, 0.1) is 17.8 Å². The zero-order valence-electron chi connectivity index (χ0n) is 13.6. The Balaban J connectivity index is 1.93. The van der Waals surface area contributed by atoms with Crippen molar-refractivity contribution in [1.82, 2.24) is 9.80 Å². The molecule has 1 aliphatic rings. The monoisotopic (exact) mass is 302 g/mol. The van der Waals surface area contributed by atoms with E-state index in [4.69, 9.17) is 9.84 Å². The van der Waals surface area contributed by atoms with Gasteiger partial charge in [0.1, 0.15) is 6.61 Å². The van der Waals surface area contributed by atoms with Crippen molar-refractivity contribution in [1.29, 1.82) is 0 Å². The number of ether oxygens (including phenoxy) is 1. The highest BCUT2D eigenvalue weighted by Crippen LogP contribution is 2.13. The molecule has 1 heterocycles. The maximum atomic E-state index is 8.72. The van der Waals surface area contributed by atoms with Gasteiger partial charge in [0.15, 0.2) is 0 Å². The van der Waals surface area contributed by atoms with E-state index < -0.39 is 0 Å². The van der Waals surface area contributed by atoms with Crippen LogP contribution in [0.1, 0.15) is 11.1 Å². The molecule has 1 atom stereocenters. The Kier molecular flexibility index (Phi) is 6.88. The molecule has 0 radical (unpaired) electrons. The SMILES string of the molecule is CN(C)CC1COCCN(Cc2ccc(C#CCO)cc2)C1. The molecule has 4 heteroatoms. The van der Waals surface area contributed by atoms with Gasteiger partial charge in [0.25, 0.3) is 0 Å². The van der Waals surface area contributed by atoms with Crippen LogP contribution >= 0.6 is 0 Å². The van der Waals surface area contributed by atoms with Crippen LogP contribution in [0.2, 0.25) is 0 Å². The van der Waals surface area contributed by atoms with Crippen LogP contribution in [0.15, 0.2) is 24.3 Å². The van der Waals surface area contributed by atoms with Gasteiger partial charge in [0, 0.05) is 37.7 Å². The second-order valence-corrected chi connectivity index (χ2v) is 6.10. The summed E-state index contributed by atoms with van der Waals surface area (Å²) in [6.45, 7) is 5.63. The van der Waals surface area contributed by atoms with Crippen LogP contribution in [0.4, 0.5) is 0 Å². The Morgan fingerprint density at radius 3 is 2.77 bits per heavy atom. The van der Waals surface area contributed by atoms with Gasteiger partial charge < -0.3 is 14.7 Å². The fourth-order valence-corrected chi connectivity index (χ4v) is 2.82. The third-order valence-electron chi connectivity index (χ3n) is 3.72. The first-order chi connectivity index (χ1) is 10.7. The van der Waals surface area contributed by atoms with Crippen molar-refractivity contribution in [2.24, 2.45) is 5.92 Å². The van der Waals surface area contributed by atoms with E-state index in [1.165, 1.54) is 5.56 Å². The van der Waals surface area contributed by atoms with Gasteiger partial charge in [-0.25, -0.2) is 0 Å². The molecule has 0 saturated carbocycles. The molecule has 22 heavy (non-hydrogen) atoms. The van der Waals surface area contributed by atoms with E-state index >= 15 is 0 Å². The summed E-state index contributed by atoms with van der Waals surface area (Å²) in [5, 5.41) is 8.72. The van der Waals surface area contributed by atoms with E-state index in [0.717, 1.165) is 45.0 Å². The summed E-state index contributed by atoms with van der Waals surface area (Å²) in [4.78, 5) is 4.70. The number of nitrogens with zero attached hydrogens (tertiary/aromatic N) is 2. The van der Waals surface area contributed by atoms with Crippen molar-refractivity contribution in [2.45, 2.75) is 6.54 Å². The molecule has 0 aromatic heterocycles. The minimum Gasteiger partial charge on any atom is -0.384 e. The average molecular weight is 302 g/mol. The first kappa shape index (κ1) is 17.0. The summed E-state index contributed by atoms with van der Waals surface area (Å²) < 4.78 is 5.73. The number of hydrogen-bond donors (Lipinski definition) is 1. The van der Waals surface area contributed by atoms with E-state index in [9.17, 15) is 0 Å². The zero-order chi connectivity index (χ0) is 15.8. The predicted molar refractivity (Wildman–Crippen MR) is 88.5 cm³/mol. The molecule has 0 spiro atoms. The fraction of sp³-hybridized carbons (Fsp3) is 0.556. The number of aliphatic hydroxyl groups is 1. The summed E-state index contributed by atoms with van der Waals surface area (Å²) in [7, 11) is 4.22. The molecule has 0 amide bonds. The molecule has 1 fully saturated rings. The number of rotatable bonds is 4. The van der Waals surface area contributed by atoms with E-state index in [-0.39, 0.29) is 6.61 Å². The molecule has 1 aromatic carbocycles. The third kappa shape index (κ3) is 5.78. The van der Waals surface area contributed by atoms with E-state index in [0.29, 0.717) is 5.92 Å². The lowest BCUT2D eigenvalue weighted by Gasteiger charge is -2.25. The zero-order valence-corrected chi connectivity index (χ0v) is 13.6. The topological polar surface area (TPSA) is 35.9 Å². The number of hydrogen-bond acceptors (Lipinski definition) is 4. The molecule has 1 saturated heterocycles. The number of benzene rings is 1. The maximum Gasteiger partial charge on any atom is 0.104 e. The van der Waals surface area contributed by atoms with Crippen LogP contribution in [0.5, 0.6) is 0 Å². The van der Waals surface area contributed by atoms with Gasteiger partial charge in [-0.05, 0) is 31.8 Å². The molecule has 0 bridgehead atoms. The largest absolute Gasteiger partial charge is 0.384 e. The van der Waals surface area contributed by atoms with Gasteiger partial charge in [-0.2, -0.15) is 0 Å². The van der Waals surface area contributed by atoms with Crippen LogP contribution in [0.3, 0.4) is 0 Å². The van der Waals surface area contributed by atoms with Gasteiger partial charge >= 0.3 is 0 Å². The van der Waals surface area contributed by atoms with Gasteiger partial charge in [-0.1, -0.05) is 24.0 Å². The summed E-state index contributed by atoms with van der Waals surface area (Å²) in [5.74, 6) is 6.16. The maximum absolute atomic E-state index is 8.72. The van der Waals surface area contributed by atoms with E-state index in [2.05, 4.69) is 47.9 Å². The molecular weight excluding hydrogens is 276 g/mol. The molecule has 120 valence electrons. The lowest BCUT2D eigenvalue weighted by Crippen LogP contribution is -2.34. The normalized spacial score (nSPS) is 19.5. The van der Waals surface area contributed by atoms with Crippen LogP contribution in [-0.4, -0.2) is 68.5 Å². The molecule has 2 rings (SSSR count). The second kappa shape index (κ2) is 8.92. The molecule has 1 aliphatic heterocycles. The minimum absolute atomic E-state index is 0.0945. The second-order valence-electron chi connectivity index (χ2n) is 6.10. The van der Waals surface area contributed by atoms with Crippen molar-refractivity contribution < 1.29 is 9.84 Å². The van der Waals surface area contributed by atoms with Crippen LogP contribution in [0.25, 0.3) is 0 Å². The summed E-state index contributed by atoms with van der Waals surface area (Å²) in [6.07, 6.45) is 0.